The second kappa shape index (κ2) is 10.8. The van der Waals surface area contributed by atoms with Crippen LogP contribution in [0.15, 0.2) is 54.6 Å². The number of carbonyl (C=O) groups excluding carboxylic acids is 2. The van der Waals surface area contributed by atoms with Crippen LogP contribution in [0.1, 0.15) is 55.8 Å². The van der Waals surface area contributed by atoms with Gasteiger partial charge in [-0.3, -0.25) is 4.79 Å². The number of hydrogen-bond donors (Lipinski definition) is 1. The fourth-order valence-electron chi connectivity index (χ4n) is 4.06. The summed E-state index contributed by atoms with van der Waals surface area (Å²) in [6, 6.07) is 18.0. The molecule has 1 atom stereocenters. The van der Waals surface area contributed by atoms with Crippen LogP contribution >= 0.6 is 0 Å². The van der Waals surface area contributed by atoms with Crippen LogP contribution in [-0.4, -0.2) is 41.4 Å². The molecule has 1 heterocycles. The van der Waals surface area contributed by atoms with Gasteiger partial charge in [0, 0.05) is 19.6 Å². The first-order valence-electron chi connectivity index (χ1n) is 11.0. The number of nitrogens with one attached hydrogen (secondary N) is 1. The molecule has 1 aliphatic rings. The number of urea groups is 1. The molecule has 5 nitrogen and oxygen atoms in total. The molecule has 0 aromatic heterocycles. The molecule has 3 rings (SSSR count). The molecule has 0 spiro atoms. The summed E-state index contributed by atoms with van der Waals surface area (Å²) in [6.45, 7) is 6.09. The van der Waals surface area contributed by atoms with Crippen molar-refractivity contribution in [1.29, 1.82) is 0 Å². The molecule has 0 fully saturated rings. The van der Waals surface area contributed by atoms with E-state index in [4.69, 9.17) is 0 Å². The number of amides is 3. The molecule has 3 amide bonds. The van der Waals surface area contributed by atoms with Gasteiger partial charge in [0.05, 0.1) is 6.04 Å². The second-order valence-electron chi connectivity index (χ2n) is 7.98. The van der Waals surface area contributed by atoms with Crippen molar-refractivity contribution in [2.24, 2.45) is 0 Å². The Hall–Kier alpha value is -2.82. The van der Waals surface area contributed by atoms with Crippen LogP contribution < -0.4 is 5.32 Å². The Balaban J connectivity index is 1.63. The van der Waals surface area contributed by atoms with Crippen LogP contribution in [0, 0.1) is 0 Å². The fraction of sp³-hybridized carbons (Fsp3) is 0.440. The van der Waals surface area contributed by atoms with E-state index in [0.717, 1.165) is 31.2 Å². The Labute approximate surface area is 180 Å². The zero-order valence-electron chi connectivity index (χ0n) is 18.1. The molecular formula is C25H33N3O2. The van der Waals surface area contributed by atoms with E-state index in [2.05, 4.69) is 37.4 Å². The van der Waals surface area contributed by atoms with E-state index < -0.39 is 0 Å². The number of carbonyl (C=O) groups is 2. The third-order valence-corrected chi connectivity index (χ3v) is 5.85. The van der Waals surface area contributed by atoms with E-state index in [-0.39, 0.29) is 24.5 Å². The van der Waals surface area contributed by atoms with Crippen LogP contribution in [0.4, 0.5) is 4.79 Å². The molecule has 5 heteroatoms. The van der Waals surface area contributed by atoms with Crippen LogP contribution in [0.25, 0.3) is 0 Å². The fourth-order valence-corrected chi connectivity index (χ4v) is 4.06. The molecule has 160 valence electrons. The summed E-state index contributed by atoms with van der Waals surface area (Å²) in [5.41, 5.74) is 3.57. The van der Waals surface area contributed by atoms with Gasteiger partial charge in [-0.1, -0.05) is 74.4 Å². The van der Waals surface area contributed by atoms with E-state index in [1.165, 1.54) is 11.1 Å². The van der Waals surface area contributed by atoms with E-state index in [9.17, 15) is 9.59 Å². The first-order valence-corrected chi connectivity index (χ1v) is 11.0. The lowest BCUT2D eigenvalue weighted by Crippen LogP contribution is -2.48. The van der Waals surface area contributed by atoms with Gasteiger partial charge in [0.1, 0.15) is 6.54 Å². The minimum absolute atomic E-state index is 0.0170. The van der Waals surface area contributed by atoms with Crippen molar-refractivity contribution in [3.05, 3.63) is 71.3 Å². The quantitative estimate of drug-likeness (QED) is 0.654. The Morgan fingerprint density at radius 1 is 1.07 bits per heavy atom. The van der Waals surface area contributed by atoms with Crippen molar-refractivity contribution in [3.63, 3.8) is 0 Å². The number of benzene rings is 2. The van der Waals surface area contributed by atoms with Crippen molar-refractivity contribution >= 4 is 11.9 Å². The molecule has 0 bridgehead atoms. The summed E-state index contributed by atoms with van der Waals surface area (Å²) in [5, 5.41) is 2.98. The summed E-state index contributed by atoms with van der Waals surface area (Å²) in [5.74, 6) is 0.0170. The maximum Gasteiger partial charge on any atom is 0.318 e. The minimum atomic E-state index is -0.173. The topological polar surface area (TPSA) is 52.7 Å². The molecule has 0 saturated heterocycles. The highest BCUT2D eigenvalue weighted by atomic mass is 16.2. The average Bonchev–Trinajstić information content (AvgIpc) is 2.78. The zero-order valence-corrected chi connectivity index (χ0v) is 18.1. The van der Waals surface area contributed by atoms with E-state index in [1.54, 1.807) is 4.90 Å². The molecule has 1 aliphatic heterocycles. The van der Waals surface area contributed by atoms with Crippen molar-refractivity contribution in [3.8, 4) is 0 Å². The lowest BCUT2D eigenvalue weighted by molar-refractivity contribution is -0.134. The van der Waals surface area contributed by atoms with Crippen molar-refractivity contribution in [2.75, 3.05) is 19.6 Å². The maximum absolute atomic E-state index is 13.1. The number of nitrogens with zero attached hydrogens (tertiary/aromatic N) is 2. The summed E-state index contributed by atoms with van der Waals surface area (Å²) in [6.07, 6.45) is 3.89. The van der Waals surface area contributed by atoms with Crippen LogP contribution in [0.2, 0.25) is 0 Å². The summed E-state index contributed by atoms with van der Waals surface area (Å²) in [4.78, 5) is 29.6. The Morgan fingerprint density at radius 3 is 2.57 bits per heavy atom. The average molecular weight is 408 g/mol. The van der Waals surface area contributed by atoms with E-state index in [1.807, 2.05) is 41.3 Å². The number of unbranched alkanes of at least 4 members (excludes halogenated alkanes) is 2. The molecule has 30 heavy (non-hydrogen) atoms. The van der Waals surface area contributed by atoms with Gasteiger partial charge in [0.2, 0.25) is 5.91 Å². The monoisotopic (exact) mass is 407 g/mol. The van der Waals surface area contributed by atoms with Gasteiger partial charge in [-0.15, -0.1) is 0 Å². The molecular weight excluding hydrogens is 374 g/mol. The van der Waals surface area contributed by atoms with E-state index in [0.29, 0.717) is 19.6 Å². The number of fused-ring (bicyclic) bond motifs is 1. The van der Waals surface area contributed by atoms with Gasteiger partial charge in [-0.05, 0) is 36.5 Å². The lowest BCUT2D eigenvalue weighted by atomic mass is 9.93. The molecule has 0 saturated carbocycles. The molecule has 1 N–H and O–H groups in total. The van der Waals surface area contributed by atoms with Crippen molar-refractivity contribution < 1.29 is 9.59 Å². The Morgan fingerprint density at radius 2 is 1.80 bits per heavy atom. The third-order valence-electron chi connectivity index (χ3n) is 5.85. The smallest absolute Gasteiger partial charge is 0.318 e. The summed E-state index contributed by atoms with van der Waals surface area (Å²) < 4.78 is 0. The zero-order chi connectivity index (χ0) is 21.3. The maximum atomic E-state index is 13.1. The minimum Gasteiger partial charge on any atom is -0.334 e. The third kappa shape index (κ3) is 5.62. The summed E-state index contributed by atoms with van der Waals surface area (Å²) in [7, 11) is 0. The van der Waals surface area contributed by atoms with Crippen molar-refractivity contribution in [2.45, 2.75) is 52.1 Å². The molecule has 1 unspecified atom stereocenters. The van der Waals surface area contributed by atoms with Gasteiger partial charge < -0.3 is 15.1 Å². The van der Waals surface area contributed by atoms with Crippen LogP contribution in [-0.2, 0) is 17.8 Å². The normalized spacial score (nSPS) is 15.4. The first-order chi connectivity index (χ1) is 14.6. The number of rotatable bonds is 8. The van der Waals surface area contributed by atoms with E-state index >= 15 is 0 Å². The van der Waals surface area contributed by atoms with Crippen LogP contribution in [0.3, 0.4) is 0 Å². The second-order valence-corrected chi connectivity index (χ2v) is 7.98. The predicted octanol–water partition coefficient (Wildman–Crippen LogP) is 4.53. The summed E-state index contributed by atoms with van der Waals surface area (Å²) >= 11 is 0. The van der Waals surface area contributed by atoms with Gasteiger partial charge in [-0.25, -0.2) is 4.79 Å². The molecule has 0 radical (unpaired) electrons. The Kier molecular flexibility index (Phi) is 7.89. The highest BCUT2D eigenvalue weighted by Crippen LogP contribution is 2.29. The number of hydrogen-bond acceptors (Lipinski definition) is 2. The van der Waals surface area contributed by atoms with Gasteiger partial charge in [0.25, 0.3) is 0 Å². The highest BCUT2D eigenvalue weighted by molar-refractivity contribution is 5.84. The van der Waals surface area contributed by atoms with Crippen molar-refractivity contribution in [1.82, 2.24) is 15.1 Å². The largest absolute Gasteiger partial charge is 0.334 e. The first kappa shape index (κ1) is 21.9. The highest BCUT2D eigenvalue weighted by Gasteiger charge is 2.29. The lowest BCUT2D eigenvalue weighted by Gasteiger charge is -2.36. The molecule has 0 aliphatic carbocycles. The molecule has 2 aromatic rings. The van der Waals surface area contributed by atoms with Crippen LogP contribution in [0.5, 0.6) is 0 Å². The standard InChI is InChI=1S/C25H33N3O2/c1-3-4-10-16-27(25(30)26-18-21-11-6-5-7-12-21)19-24(29)28-17-15-22-13-8-9-14-23(22)20(28)2/h5-9,11-14,20H,3-4,10,15-19H2,1-2H3,(H,26,30). The van der Waals surface area contributed by atoms with Gasteiger partial charge in [-0.2, -0.15) is 0 Å². The van der Waals surface area contributed by atoms with Gasteiger partial charge in [0.15, 0.2) is 0 Å². The predicted molar refractivity (Wildman–Crippen MR) is 120 cm³/mol. The van der Waals surface area contributed by atoms with Gasteiger partial charge >= 0.3 is 6.03 Å². The molecule has 2 aromatic carbocycles. The Bertz CT molecular complexity index is 837. The SMILES string of the molecule is CCCCCN(CC(=O)N1CCc2ccccc2C1C)C(=O)NCc1ccccc1.